The van der Waals surface area contributed by atoms with Gasteiger partial charge in [0.2, 0.25) is 0 Å². The van der Waals surface area contributed by atoms with E-state index < -0.39 is 0 Å². The van der Waals surface area contributed by atoms with Crippen LogP contribution in [0.25, 0.3) is 0 Å². The third kappa shape index (κ3) is 3.58. The summed E-state index contributed by atoms with van der Waals surface area (Å²) in [5.41, 5.74) is 2.44. The summed E-state index contributed by atoms with van der Waals surface area (Å²) >= 11 is 5.95. The fourth-order valence-electron chi connectivity index (χ4n) is 3.70. The first-order chi connectivity index (χ1) is 12.2. The van der Waals surface area contributed by atoms with Crippen molar-refractivity contribution in [3.63, 3.8) is 0 Å². The predicted molar refractivity (Wildman–Crippen MR) is 95.5 cm³/mol. The van der Waals surface area contributed by atoms with Gasteiger partial charge in [-0.1, -0.05) is 43.0 Å². The molecule has 0 bridgehead atoms. The van der Waals surface area contributed by atoms with Crippen LogP contribution in [0.2, 0.25) is 5.02 Å². The summed E-state index contributed by atoms with van der Waals surface area (Å²) < 4.78 is 8.01. The van der Waals surface area contributed by atoms with Crippen molar-refractivity contribution in [2.24, 2.45) is 0 Å². The molecule has 1 amide bonds. The molecule has 1 aliphatic heterocycles. The first-order valence-electron chi connectivity index (χ1n) is 8.92. The van der Waals surface area contributed by atoms with Crippen molar-refractivity contribution in [2.45, 2.75) is 57.4 Å². The van der Waals surface area contributed by atoms with E-state index >= 15 is 0 Å². The van der Waals surface area contributed by atoms with Crippen molar-refractivity contribution in [3.8, 4) is 0 Å². The van der Waals surface area contributed by atoms with Crippen LogP contribution in [0.5, 0.6) is 0 Å². The summed E-state index contributed by atoms with van der Waals surface area (Å²) in [5.74, 6) is -0.0748. The quantitative estimate of drug-likeness (QED) is 0.905. The number of benzene rings is 1. The van der Waals surface area contributed by atoms with Gasteiger partial charge in [-0.15, -0.1) is 0 Å². The van der Waals surface area contributed by atoms with Crippen LogP contribution in [0, 0.1) is 0 Å². The SMILES string of the molecule is O=C(NC1CCCCC1)c1ncn2c1CO[C@H](c1ccc(Cl)cc1)C2. The lowest BCUT2D eigenvalue weighted by Gasteiger charge is -2.26. The lowest BCUT2D eigenvalue weighted by atomic mass is 9.95. The smallest absolute Gasteiger partial charge is 0.272 e. The Balaban J connectivity index is 1.46. The van der Waals surface area contributed by atoms with Crippen molar-refractivity contribution < 1.29 is 9.53 Å². The van der Waals surface area contributed by atoms with Crippen molar-refractivity contribution in [1.82, 2.24) is 14.9 Å². The van der Waals surface area contributed by atoms with Crippen molar-refractivity contribution in [1.29, 1.82) is 0 Å². The Kier molecular flexibility index (Phi) is 4.77. The minimum Gasteiger partial charge on any atom is -0.365 e. The fraction of sp³-hybridized carbons (Fsp3) is 0.474. The molecule has 2 heterocycles. The van der Waals surface area contributed by atoms with Gasteiger partial charge in [0.1, 0.15) is 6.10 Å². The number of nitrogens with one attached hydrogen (secondary N) is 1. The number of hydrogen-bond donors (Lipinski definition) is 1. The predicted octanol–water partition coefficient (Wildman–Crippen LogP) is 3.87. The molecule has 0 saturated heterocycles. The summed E-state index contributed by atoms with van der Waals surface area (Å²) in [6.45, 7) is 1.04. The van der Waals surface area contributed by atoms with E-state index in [1.165, 1.54) is 19.3 Å². The van der Waals surface area contributed by atoms with E-state index in [1.54, 1.807) is 6.33 Å². The Morgan fingerprint density at radius 3 is 2.72 bits per heavy atom. The molecule has 5 nitrogen and oxygen atoms in total. The zero-order valence-electron chi connectivity index (χ0n) is 14.1. The van der Waals surface area contributed by atoms with Gasteiger partial charge in [0.15, 0.2) is 5.69 Å². The summed E-state index contributed by atoms with van der Waals surface area (Å²) in [5, 5.41) is 3.85. The van der Waals surface area contributed by atoms with E-state index in [9.17, 15) is 4.79 Å². The molecule has 1 aliphatic carbocycles. The normalized spacial score (nSPS) is 20.9. The van der Waals surface area contributed by atoms with Gasteiger partial charge in [0.05, 0.1) is 25.2 Å². The molecular weight excluding hydrogens is 338 g/mol. The summed E-state index contributed by atoms with van der Waals surface area (Å²) in [7, 11) is 0. The first-order valence-corrected chi connectivity index (χ1v) is 9.30. The zero-order valence-corrected chi connectivity index (χ0v) is 14.8. The highest BCUT2D eigenvalue weighted by atomic mass is 35.5. The number of aromatic nitrogens is 2. The second-order valence-electron chi connectivity index (χ2n) is 6.85. The Morgan fingerprint density at radius 1 is 1.20 bits per heavy atom. The third-order valence-corrected chi connectivity index (χ3v) is 5.38. The molecule has 1 fully saturated rings. The van der Waals surface area contributed by atoms with E-state index in [-0.39, 0.29) is 18.1 Å². The Bertz CT molecular complexity index is 751. The number of imidazole rings is 1. The molecule has 0 spiro atoms. The number of carbonyl (C=O) groups excluding carboxylic acids is 1. The van der Waals surface area contributed by atoms with Crippen LogP contribution in [-0.4, -0.2) is 21.5 Å². The first kappa shape index (κ1) is 16.6. The highest BCUT2D eigenvalue weighted by Crippen LogP contribution is 2.28. The van der Waals surface area contributed by atoms with Gasteiger partial charge in [0.25, 0.3) is 5.91 Å². The molecule has 6 heteroatoms. The second kappa shape index (κ2) is 7.18. The van der Waals surface area contributed by atoms with Gasteiger partial charge in [-0.05, 0) is 30.5 Å². The molecular formula is C19H22ClN3O2. The fourth-order valence-corrected chi connectivity index (χ4v) is 3.82. The van der Waals surface area contributed by atoms with Gasteiger partial charge >= 0.3 is 0 Å². The van der Waals surface area contributed by atoms with Crippen LogP contribution in [-0.2, 0) is 17.9 Å². The molecule has 0 unspecified atom stereocenters. The van der Waals surface area contributed by atoms with E-state index in [2.05, 4.69) is 10.3 Å². The Labute approximate surface area is 152 Å². The minimum atomic E-state index is -0.0748. The highest BCUT2D eigenvalue weighted by Gasteiger charge is 2.27. The number of fused-ring (bicyclic) bond motifs is 1. The zero-order chi connectivity index (χ0) is 17.2. The monoisotopic (exact) mass is 359 g/mol. The van der Waals surface area contributed by atoms with Crippen molar-refractivity contribution in [2.75, 3.05) is 0 Å². The summed E-state index contributed by atoms with van der Waals surface area (Å²) in [6, 6.07) is 7.97. The number of rotatable bonds is 3. The van der Waals surface area contributed by atoms with Gasteiger partial charge in [0, 0.05) is 11.1 Å². The summed E-state index contributed by atoms with van der Waals surface area (Å²) in [4.78, 5) is 16.9. The lowest BCUT2D eigenvalue weighted by molar-refractivity contribution is 0.00256. The molecule has 1 N–H and O–H groups in total. The van der Waals surface area contributed by atoms with E-state index in [0.717, 1.165) is 24.1 Å². The molecule has 132 valence electrons. The largest absolute Gasteiger partial charge is 0.365 e. The summed E-state index contributed by atoms with van der Waals surface area (Å²) in [6.07, 6.45) is 7.49. The second-order valence-corrected chi connectivity index (χ2v) is 7.29. The van der Waals surface area contributed by atoms with Gasteiger partial charge in [-0.2, -0.15) is 0 Å². The van der Waals surface area contributed by atoms with Crippen molar-refractivity contribution in [3.05, 3.63) is 52.6 Å². The Hall–Kier alpha value is -1.85. The van der Waals surface area contributed by atoms with Gasteiger partial charge in [-0.3, -0.25) is 4.79 Å². The molecule has 25 heavy (non-hydrogen) atoms. The molecule has 1 saturated carbocycles. The number of halogens is 1. The maximum absolute atomic E-state index is 12.6. The maximum atomic E-state index is 12.6. The Morgan fingerprint density at radius 2 is 1.96 bits per heavy atom. The van der Waals surface area contributed by atoms with Crippen LogP contribution in [0.3, 0.4) is 0 Å². The van der Waals surface area contributed by atoms with E-state index in [1.807, 2.05) is 28.8 Å². The average molecular weight is 360 g/mol. The van der Waals surface area contributed by atoms with Crippen LogP contribution in [0.1, 0.15) is 60.0 Å². The van der Waals surface area contributed by atoms with E-state index in [0.29, 0.717) is 23.9 Å². The van der Waals surface area contributed by atoms with Gasteiger partial charge < -0.3 is 14.6 Å². The molecule has 1 aromatic carbocycles. The van der Waals surface area contributed by atoms with Crippen LogP contribution >= 0.6 is 11.6 Å². The molecule has 4 rings (SSSR count). The van der Waals surface area contributed by atoms with Crippen LogP contribution in [0.15, 0.2) is 30.6 Å². The van der Waals surface area contributed by atoms with E-state index in [4.69, 9.17) is 16.3 Å². The molecule has 2 aromatic rings. The minimum absolute atomic E-state index is 0.0479. The molecule has 0 radical (unpaired) electrons. The molecule has 1 atom stereocenters. The van der Waals surface area contributed by atoms with Gasteiger partial charge in [-0.25, -0.2) is 4.98 Å². The number of ether oxygens (including phenoxy) is 1. The average Bonchev–Trinajstić information content (AvgIpc) is 3.06. The van der Waals surface area contributed by atoms with Crippen LogP contribution in [0.4, 0.5) is 0 Å². The molecule has 2 aliphatic rings. The topological polar surface area (TPSA) is 56.2 Å². The highest BCUT2D eigenvalue weighted by molar-refractivity contribution is 6.30. The maximum Gasteiger partial charge on any atom is 0.272 e. The van der Waals surface area contributed by atoms with Crippen LogP contribution < -0.4 is 5.32 Å². The number of carbonyl (C=O) groups is 1. The standard InChI is InChI=1S/C19H22ClN3O2/c20-14-8-6-13(7-9-14)17-10-23-12-21-18(16(23)11-25-17)19(24)22-15-4-2-1-3-5-15/h6-9,12,15,17H,1-5,10-11H2,(H,22,24)/t17-/m0/s1. The lowest BCUT2D eigenvalue weighted by Crippen LogP contribution is -2.37. The number of hydrogen-bond acceptors (Lipinski definition) is 3. The number of nitrogens with zero attached hydrogens (tertiary/aromatic N) is 2. The third-order valence-electron chi connectivity index (χ3n) is 5.13. The van der Waals surface area contributed by atoms with Crippen molar-refractivity contribution >= 4 is 17.5 Å². The number of amides is 1. The molecule has 1 aromatic heterocycles.